The summed E-state index contributed by atoms with van der Waals surface area (Å²) in [6.07, 6.45) is 0.818. The maximum atomic E-state index is 12.4. The minimum atomic E-state index is 0.0185. The van der Waals surface area contributed by atoms with Crippen molar-refractivity contribution in [3.05, 3.63) is 59.7 Å². The summed E-state index contributed by atoms with van der Waals surface area (Å²) in [5.74, 6) is 0.0185. The average molecular weight is 374 g/mol. The first-order valence-electron chi connectivity index (χ1n) is 9.64. The van der Waals surface area contributed by atoms with Gasteiger partial charge in [-0.2, -0.15) is 5.10 Å². The second-order valence-corrected chi connectivity index (χ2v) is 7.28. The zero-order chi connectivity index (χ0) is 18.9. The highest BCUT2D eigenvalue weighted by Gasteiger charge is 2.25. The van der Waals surface area contributed by atoms with Crippen LogP contribution < -0.4 is 5.32 Å². The van der Waals surface area contributed by atoms with Crippen molar-refractivity contribution in [1.29, 1.82) is 0 Å². The summed E-state index contributed by atoms with van der Waals surface area (Å²) in [4.78, 5) is 14.5. The zero-order valence-corrected chi connectivity index (χ0v) is 15.6. The number of fused-ring (bicyclic) bond motifs is 3. The third kappa shape index (κ3) is 3.21. The molecule has 2 aromatic carbocycles. The predicted octanol–water partition coefficient (Wildman–Crippen LogP) is 2.92. The number of nitrogens with one attached hydrogen (secondary N) is 2. The van der Waals surface area contributed by atoms with Gasteiger partial charge >= 0.3 is 0 Å². The second kappa shape index (κ2) is 7.22. The Morgan fingerprint density at radius 2 is 1.96 bits per heavy atom. The molecule has 6 nitrogen and oxygen atoms in total. The van der Waals surface area contributed by atoms with Crippen molar-refractivity contribution in [2.75, 3.05) is 38.2 Å². The molecule has 2 aliphatic rings. The fourth-order valence-corrected chi connectivity index (χ4v) is 4.01. The number of morpholine rings is 1. The van der Waals surface area contributed by atoms with Crippen molar-refractivity contribution in [3.63, 3.8) is 0 Å². The Morgan fingerprint density at radius 1 is 1.14 bits per heavy atom. The van der Waals surface area contributed by atoms with Crippen molar-refractivity contribution in [3.8, 4) is 22.5 Å². The van der Waals surface area contributed by atoms with Crippen LogP contribution in [0.15, 0.2) is 48.5 Å². The summed E-state index contributed by atoms with van der Waals surface area (Å²) in [5.41, 5.74) is 7.65. The molecule has 3 aromatic rings. The molecule has 0 bridgehead atoms. The number of hydrogen-bond donors (Lipinski definition) is 2. The van der Waals surface area contributed by atoms with Gasteiger partial charge in [0.25, 0.3) is 0 Å². The molecule has 2 N–H and O–H groups in total. The van der Waals surface area contributed by atoms with Crippen LogP contribution in [-0.4, -0.2) is 53.9 Å². The molecule has 0 atom stereocenters. The first-order chi connectivity index (χ1) is 13.8. The van der Waals surface area contributed by atoms with E-state index in [9.17, 15) is 4.79 Å². The summed E-state index contributed by atoms with van der Waals surface area (Å²) < 4.78 is 5.33. The van der Waals surface area contributed by atoms with E-state index in [0.717, 1.165) is 47.7 Å². The van der Waals surface area contributed by atoms with Gasteiger partial charge in [-0.25, -0.2) is 0 Å². The summed E-state index contributed by atoms with van der Waals surface area (Å²) in [6.45, 7) is 3.41. The Bertz CT molecular complexity index is 1010. The number of aromatic amines is 1. The molecule has 0 radical (unpaired) electrons. The van der Waals surface area contributed by atoms with Gasteiger partial charge in [-0.15, -0.1) is 0 Å². The van der Waals surface area contributed by atoms with E-state index in [-0.39, 0.29) is 5.91 Å². The molecule has 1 aromatic heterocycles. The molecule has 28 heavy (non-hydrogen) atoms. The number of H-pyrrole nitrogens is 1. The van der Waals surface area contributed by atoms with Crippen molar-refractivity contribution < 1.29 is 9.53 Å². The third-order valence-corrected chi connectivity index (χ3v) is 5.41. The maximum Gasteiger partial charge on any atom is 0.238 e. The summed E-state index contributed by atoms with van der Waals surface area (Å²) in [6, 6.07) is 16.3. The molecular formula is C22H22N4O2. The molecule has 142 valence electrons. The molecule has 6 heteroatoms. The van der Waals surface area contributed by atoms with E-state index in [1.807, 2.05) is 24.3 Å². The monoisotopic (exact) mass is 374 g/mol. The molecule has 1 aliphatic heterocycles. The van der Waals surface area contributed by atoms with Gasteiger partial charge in [-0.05, 0) is 17.7 Å². The number of benzene rings is 2. The molecule has 1 fully saturated rings. The van der Waals surface area contributed by atoms with Crippen LogP contribution in [0.5, 0.6) is 0 Å². The van der Waals surface area contributed by atoms with Gasteiger partial charge in [0.2, 0.25) is 5.91 Å². The Hall–Kier alpha value is -2.96. The van der Waals surface area contributed by atoms with E-state index in [0.29, 0.717) is 19.8 Å². The lowest BCUT2D eigenvalue weighted by molar-refractivity contribution is -0.118. The number of ether oxygens (including phenoxy) is 1. The number of carbonyl (C=O) groups is 1. The topological polar surface area (TPSA) is 70.2 Å². The van der Waals surface area contributed by atoms with Crippen molar-refractivity contribution in [2.45, 2.75) is 6.42 Å². The minimum absolute atomic E-state index is 0.0185. The number of anilines is 1. The van der Waals surface area contributed by atoms with E-state index in [4.69, 9.17) is 4.74 Å². The molecule has 0 saturated carbocycles. The van der Waals surface area contributed by atoms with Crippen molar-refractivity contribution in [1.82, 2.24) is 15.1 Å². The third-order valence-electron chi connectivity index (χ3n) is 5.41. The summed E-state index contributed by atoms with van der Waals surface area (Å²) in [5, 5.41) is 10.8. The lowest BCUT2D eigenvalue weighted by atomic mass is 10.1. The zero-order valence-electron chi connectivity index (χ0n) is 15.6. The van der Waals surface area contributed by atoms with Crippen LogP contribution in [0.4, 0.5) is 5.69 Å². The first-order valence-corrected chi connectivity index (χ1v) is 9.64. The van der Waals surface area contributed by atoms with E-state index in [1.165, 1.54) is 11.1 Å². The number of rotatable bonds is 4. The number of hydrogen-bond acceptors (Lipinski definition) is 4. The maximum absolute atomic E-state index is 12.4. The quantitative estimate of drug-likeness (QED) is 0.576. The molecule has 1 aliphatic carbocycles. The fourth-order valence-electron chi connectivity index (χ4n) is 4.01. The van der Waals surface area contributed by atoms with Crippen molar-refractivity contribution in [2.24, 2.45) is 0 Å². The molecule has 1 saturated heterocycles. The Morgan fingerprint density at radius 3 is 2.79 bits per heavy atom. The normalized spacial score (nSPS) is 15.9. The smallest absolute Gasteiger partial charge is 0.238 e. The number of amides is 1. The molecule has 2 heterocycles. The highest BCUT2D eigenvalue weighted by Crippen LogP contribution is 2.40. The number of carbonyl (C=O) groups excluding carboxylic acids is 1. The highest BCUT2D eigenvalue weighted by atomic mass is 16.5. The van der Waals surface area contributed by atoms with Gasteiger partial charge in [-0.3, -0.25) is 14.8 Å². The molecule has 0 unspecified atom stereocenters. The average Bonchev–Trinajstić information content (AvgIpc) is 3.28. The van der Waals surface area contributed by atoms with Crippen molar-refractivity contribution >= 4 is 11.6 Å². The van der Waals surface area contributed by atoms with E-state index < -0.39 is 0 Å². The lowest BCUT2D eigenvalue weighted by Gasteiger charge is -2.25. The summed E-state index contributed by atoms with van der Waals surface area (Å²) in [7, 11) is 0. The Kier molecular flexibility index (Phi) is 4.43. The van der Waals surface area contributed by atoms with Crippen LogP contribution in [0.1, 0.15) is 11.1 Å². The molecular weight excluding hydrogens is 352 g/mol. The van der Waals surface area contributed by atoms with E-state index in [2.05, 4.69) is 44.7 Å². The Balaban J connectivity index is 1.32. The van der Waals surface area contributed by atoms with Gasteiger partial charge in [0.15, 0.2) is 0 Å². The van der Waals surface area contributed by atoms with Gasteiger partial charge in [0.1, 0.15) is 0 Å². The highest BCUT2D eigenvalue weighted by molar-refractivity contribution is 5.93. The van der Waals surface area contributed by atoms with E-state index in [1.54, 1.807) is 0 Å². The standard InChI is InChI=1S/C22H22N4O2/c27-20(14-26-8-10-28-11-9-26)23-17-6-7-18-16(12-17)13-19-21(24-25-22(18)19)15-4-2-1-3-5-15/h1-7,12H,8-11,13-14H2,(H,23,27)(H,24,25). The molecule has 0 spiro atoms. The van der Waals surface area contributed by atoms with Crippen LogP contribution >= 0.6 is 0 Å². The fraction of sp³-hybridized carbons (Fsp3) is 0.273. The van der Waals surface area contributed by atoms with Gasteiger partial charge < -0.3 is 10.1 Å². The predicted molar refractivity (Wildman–Crippen MR) is 108 cm³/mol. The molecule has 5 rings (SSSR count). The van der Waals surface area contributed by atoms with Gasteiger partial charge in [0.05, 0.1) is 31.1 Å². The lowest BCUT2D eigenvalue weighted by Crippen LogP contribution is -2.41. The van der Waals surface area contributed by atoms with Crippen LogP contribution in [0.2, 0.25) is 0 Å². The van der Waals surface area contributed by atoms with Crippen LogP contribution in [-0.2, 0) is 16.0 Å². The Labute approximate surface area is 163 Å². The van der Waals surface area contributed by atoms with Gasteiger partial charge in [-0.1, -0.05) is 36.4 Å². The van der Waals surface area contributed by atoms with Crippen LogP contribution in [0, 0.1) is 0 Å². The van der Waals surface area contributed by atoms with Crippen LogP contribution in [0.25, 0.3) is 22.5 Å². The van der Waals surface area contributed by atoms with Crippen LogP contribution in [0.3, 0.4) is 0 Å². The number of nitrogens with zero attached hydrogens (tertiary/aromatic N) is 2. The van der Waals surface area contributed by atoms with E-state index >= 15 is 0 Å². The minimum Gasteiger partial charge on any atom is -0.379 e. The SMILES string of the molecule is O=C(CN1CCOCC1)Nc1ccc2c(c1)Cc1c(-c3ccccc3)n[nH]c1-2. The summed E-state index contributed by atoms with van der Waals surface area (Å²) >= 11 is 0. The molecule has 1 amide bonds. The number of aromatic nitrogens is 2. The first kappa shape index (κ1) is 17.2. The second-order valence-electron chi connectivity index (χ2n) is 7.28. The van der Waals surface area contributed by atoms with Gasteiger partial charge in [0, 0.05) is 41.9 Å². The largest absolute Gasteiger partial charge is 0.379 e.